The van der Waals surface area contributed by atoms with Crippen LogP contribution in [-0.4, -0.2) is 22.6 Å². The van der Waals surface area contributed by atoms with Gasteiger partial charge >= 0.3 is 0 Å². The zero-order valence-electron chi connectivity index (χ0n) is 12.0. The van der Waals surface area contributed by atoms with E-state index in [4.69, 9.17) is 10.5 Å². The van der Waals surface area contributed by atoms with E-state index in [0.717, 1.165) is 18.4 Å². The fourth-order valence-corrected chi connectivity index (χ4v) is 2.59. The van der Waals surface area contributed by atoms with Crippen molar-refractivity contribution in [3.05, 3.63) is 6.33 Å². The van der Waals surface area contributed by atoms with Gasteiger partial charge < -0.3 is 15.8 Å². The summed E-state index contributed by atoms with van der Waals surface area (Å²) in [5.74, 6) is 2.71. The predicted octanol–water partition coefficient (Wildman–Crippen LogP) is 2.69. The van der Waals surface area contributed by atoms with Gasteiger partial charge in [0, 0.05) is 6.54 Å². The maximum atomic E-state index is 6.03. The summed E-state index contributed by atoms with van der Waals surface area (Å²) in [6.45, 7) is 7.14. The summed E-state index contributed by atoms with van der Waals surface area (Å²) in [6, 6.07) is 0. The number of aromatic nitrogens is 2. The van der Waals surface area contributed by atoms with E-state index in [1.165, 1.54) is 25.6 Å². The molecule has 5 nitrogen and oxygen atoms in total. The summed E-state index contributed by atoms with van der Waals surface area (Å²) in [5.41, 5.74) is 6.53. The molecule has 0 bridgehead atoms. The van der Waals surface area contributed by atoms with Crippen LogP contribution in [0.25, 0.3) is 0 Å². The molecule has 0 saturated heterocycles. The average Bonchev–Trinajstić information content (AvgIpc) is 2.76. The zero-order chi connectivity index (χ0) is 13.8. The lowest BCUT2D eigenvalue weighted by Crippen LogP contribution is -2.15. The van der Waals surface area contributed by atoms with Gasteiger partial charge in [-0.2, -0.15) is 4.98 Å². The fraction of sp³-hybridized carbons (Fsp3) is 0.714. The third-order valence-corrected chi connectivity index (χ3v) is 3.56. The smallest absolute Gasteiger partial charge is 0.242 e. The number of nitrogen functional groups attached to an aromatic ring is 1. The topological polar surface area (TPSA) is 73.1 Å². The average molecular weight is 264 g/mol. The molecular weight excluding hydrogens is 240 g/mol. The number of nitrogens with zero attached hydrogens (tertiary/aromatic N) is 2. The summed E-state index contributed by atoms with van der Waals surface area (Å²) in [6.07, 6.45) is 5.45. The van der Waals surface area contributed by atoms with Gasteiger partial charge in [0.25, 0.3) is 0 Å². The highest BCUT2D eigenvalue weighted by Gasteiger charge is 2.21. The monoisotopic (exact) mass is 264 g/mol. The van der Waals surface area contributed by atoms with Crippen molar-refractivity contribution in [1.82, 2.24) is 9.97 Å². The summed E-state index contributed by atoms with van der Waals surface area (Å²) in [4.78, 5) is 8.27. The zero-order valence-corrected chi connectivity index (χ0v) is 12.0. The van der Waals surface area contributed by atoms with E-state index in [0.29, 0.717) is 17.4 Å². The molecule has 3 N–H and O–H groups in total. The molecular formula is C14H24N4O. The highest BCUT2D eigenvalue weighted by molar-refractivity contribution is 5.66. The maximum Gasteiger partial charge on any atom is 0.242 e. The molecule has 1 saturated carbocycles. The Bertz CT molecular complexity index is 422. The quantitative estimate of drug-likeness (QED) is 0.855. The number of nitrogens with two attached hydrogens (primary N) is 1. The van der Waals surface area contributed by atoms with Crippen LogP contribution in [0.4, 0.5) is 11.5 Å². The Kier molecular flexibility index (Phi) is 4.45. The van der Waals surface area contributed by atoms with E-state index in [2.05, 4.69) is 22.2 Å². The second-order valence-corrected chi connectivity index (χ2v) is 5.77. The molecule has 1 aromatic rings. The maximum absolute atomic E-state index is 6.03. The molecule has 1 heterocycles. The molecule has 19 heavy (non-hydrogen) atoms. The number of anilines is 2. The lowest BCUT2D eigenvalue weighted by molar-refractivity contribution is 0.234. The van der Waals surface area contributed by atoms with E-state index in [9.17, 15) is 0 Å². The van der Waals surface area contributed by atoms with Crippen LogP contribution in [0, 0.1) is 11.8 Å². The van der Waals surface area contributed by atoms with Gasteiger partial charge in [0.05, 0.1) is 6.10 Å². The molecule has 1 aliphatic rings. The summed E-state index contributed by atoms with van der Waals surface area (Å²) >= 11 is 0. The normalized spacial score (nSPS) is 22.7. The van der Waals surface area contributed by atoms with Gasteiger partial charge in [-0.25, -0.2) is 4.98 Å². The summed E-state index contributed by atoms with van der Waals surface area (Å²) in [5, 5.41) is 3.33. The number of nitrogens with one attached hydrogen (secondary N) is 1. The number of ether oxygens (including phenoxy) is 1. The number of hydrogen-bond acceptors (Lipinski definition) is 5. The molecule has 2 atom stereocenters. The predicted molar refractivity (Wildman–Crippen MR) is 77.2 cm³/mol. The number of rotatable bonds is 5. The molecule has 106 valence electrons. The molecule has 1 fully saturated rings. The number of hydrogen-bond donors (Lipinski definition) is 2. The largest absolute Gasteiger partial charge is 0.473 e. The first-order valence-electron chi connectivity index (χ1n) is 7.07. The van der Waals surface area contributed by atoms with Gasteiger partial charge in [0.1, 0.15) is 12.0 Å². The van der Waals surface area contributed by atoms with Gasteiger partial charge in [-0.1, -0.05) is 13.3 Å². The van der Waals surface area contributed by atoms with E-state index in [-0.39, 0.29) is 6.10 Å². The first kappa shape index (κ1) is 13.9. The van der Waals surface area contributed by atoms with E-state index < -0.39 is 0 Å². The molecule has 0 spiro atoms. The van der Waals surface area contributed by atoms with Gasteiger partial charge in [0.2, 0.25) is 5.88 Å². The van der Waals surface area contributed by atoms with Crippen molar-refractivity contribution in [3.8, 4) is 5.88 Å². The third kappa shape index (κ3) is 3.72. The Balaban J connectivity index is 1.96. The Morgan fingerprint density at radius 1 is 1.42 bits per heavy atom. The summed E-state index contributed by atoms with van der Waals surface area (Å²) in [7, 11) is 0. The van der Waals surface area contributed by atoms with Crippen LogP contribution in [0.2, 0.25) is 0 Å². The molecule has 1 aromatic heterocycles. The standard InChI is InChI=1S/C14H24N4O/c1-9(2)19-14-12(15)13(17-8-18-14)16-7-11-5-4-10(3)6-11/h8-11H,4-7,15H2,1-3H3,(H,16,17,18). The van der Waals surface area contributed by atoms with Crippen LogP contribution in [0.5, 0.6) is 5.88 Å². The van der Waals surface area contributed by atoms with Crippen LogP contribution in [0.15, 0.2) is 6.33 Å². The van der Waals surface area contributed by atoms with Crippen molar-refractivity contribution >= 4 is 11.5 Å². The summed E-state index contributed by atoms with van der Waals surface area (Å²) < 4.78 is 5.56. The molecule has 0 aliphatic heterocycles. The van der Waals surface area contributed by atoms with Crippen LogP contribution in [0.1, 0.15) is 40.0 Å². The third-order valence-electron chi connectivity index (χ3n) is 3.56. The second kappa shape index (κ2) is 6.08. The molecule has 0 amide bonds. The highest BCUT2D eigenvalue weighted by Crippen LogP contribution is 2.31. The minimum absolute atomic E-state index is 0.0562. The second-order valence-electron chi connectivity index (χ2n) is 5.77. The van der Waals surface area contributed by atoms with E-state index in [1.807, 2.05) is 13.8 Å². The van der Waals surface area contributed by atoms with Crippen molar-refractivity contribution in [2.45, 2.75) is 46.1 Å². The minimum Gasteiger partial charge on any atom is -0.473 e. The van der Waals surface area contributed by atoms with Gasteiger partial charge in [0.15, 0.2) is 5.82 Å². The Morgan fingerprint density at radius 3 is 2.84 bits per heavy atom. The minimum atomic E-state index is 0.0562. The van der Waals surface area contributed by atoms with Crippen molar-refractivity contribution in [2.24, 2.45) is 11.8 Å². The van der Waals surface area contributed by atoms with E-state index in [1.54, 1.807) is 0 Å². The van der Waals surface area contributed by atoms with Crippen molar-refractivity contribution in [3.63, 3.8) is 0 Å². The Hall–Kier alpha value is -1.52. The molecule has 5 heteroatoms. The van der Waals surface area contributed by atoms with Gasteiger partial charge in [-0.3, -0.25) is 0 Å². The Labute approximate surface area is 115 Å². The van der Waals surface area contributed by atoms with Crippen LogP contribution >= 0.6 is 0 Å². The van der Waals surface area contributed by atoms with Crippen molar-refractivity contribution < 1.29 is 4.74 Å². The molecule has 0 radical (unpaired) electrons. The molecule has 2 unspecified atom stereocenters. The van der Waals surface area contributed by atoms with Gasteiger partial charge in [-0.05, 0) is 38.5 Å². The molecule has 0 aromatic carbocycles. The van der Waals surface area contributed by atoms with Crippen molar-refractivity contribution in [1.29, 1.82) is 0 Å². The lowest BCUT2D eigenvalue weighted by Gasteiger charge is -2.15. The highest BCUT2D eigenvalue weighted by atomic mass is 16.5. The fourth-order valence-electron chi connectivity index (χ4n) is 2.59. The SMILES string of the molecule is CC1CCC(CNc2ncnc(OC(C)C)c2N)C1. The molecule has 1 aliphatic carbocycles. The Morgan fingerprint density at radius 2 is 2.21 bits per heavy atom. The van der Waals surface area contributed by atoms with Crippen LogP contribution in [-0.2, 0) is 0 Å². The molecule has 2 rings (SSSR count). The van der Waals surface area contributed by atoms with Crippen LogP contribution < -0.4 is 15.8 Å². The van der Waals surface area contributed by atoms with Crippen molar-refractivity contribution in [2.75, 3.05) is 17.6 Å². The first-order valence-corrected chi connectivity index (χ1v) is 7.07. The van der Waals surface area contributed by atoms with Gasteiger partial charge in [-0.15, -0.1) is 0 Å². The van der Waals surface area contributed by atoms with E-state index >= 15 is 0 Å². The van der Waals surface area contributed by atoms with Crippen LogP contribution in [0.3, 0.4) is 0 Å². The lowest BCUT2D eigenvalue weighted by atomic mass is 10.1. The first-order chi connectivity index (χ1) is 9.06.